The molecule has 0 aliphatic heterocycles. The molecule has 0 fully saturated rings. The fraction of sp³-hybridized carbons (Fsp3) is 0. The van der Waals surface area contributed by atoms with E-state index in [0.717, 1.165) is 5.56 Å². The lowest BCUT2D eigenvalue weighted by Crippen LogP contribution is -1.85. The van der Waals surface area contributed by atoms with Crippen LogP contribution >= 0.6 is 0 Å². The molecule has 1 aromatic rings. The van der Waals surface area contributed by atoms with E-state index in [-0.39, 0.29) is 0 Å². The van der Waals surface area contributed by atoms with E-state index in [1.807, 2.05) is 36.3 Å². The zero-order chi connectivity index (χ0) is 9.52. The summed E-state index contributed by atoms with van der Waals surface area (Å²) in [4.78, 5) is 10.0. The highest BCUT2D eigenvalue weighted by Crippen LogP contribution is 1.99. The van der Waals surface area contributed by atoms with Gasteiger partial charge < -0.3 is 5.11 Å². The zero-order valence-electron chi connectivity index (χ0n) is 6.90. The molecule has 0 radical (unpaired) electrons. The van der Waals surface area contributed by atoms with Crippen LogP contribution in [0.5, 0.6) is 0 Å². The van der Waals surface area contributed by atoms with E-state index in [1.54, 1.807) is 6.08 Å². The lowest BCUT2D eigenvalue weighted by molar-refractivity contribution is -0.130. The molecule has 1 aromatic carbocycles. The Morgan fingerprint density at radius 3 is 2.62 bits per heavy atom. The van der Waals surface area contributed by atoms with Crippen molar-refractivity contribution in [3.63, 3.8) is 0 Å². The van der Waals surface area contributed by atoms with Crippen molar-refractivity contribution in [2.45, 2.75) is 0 Å². The Labute approximate surface area is 76.5 Å². The number of carboxylic acid groups (broad SMARTS) is 1. The molecular formula is C11H8O2. The van der Waals surface area contributed by atoms with Crippen LogP contribution in [0, 0.1) is 11.8 Å². The Kier molecular flexibility index (Phi) is 3.34. The van der Waals surface area contributed by atoms with Gasteiger partial charge in [0.25, 0.3) is 0 Å². The average molecular weight is 172 g/mol. The molecule has 2 nitrogen and oxygen atoms in total. The Hall–Kier alpha value is -2.01. The van der Waals surface area contributed by atoms with Gasteiger partial charge in [-0.2, -0.15) is 0 Å². The summed E-state index contributed by atoms with van der Waals surface area (Å²) in [6.45, 7) is 0. The number of carbonyl (C=O) groups is 1. The fourth-order valence-electron chi connectivity index (χ4n) is 0.805. The molecule has 2 heteroatoms. The molecule has 0 aliphatic rings. The zero-order valence-corrected chi connectivity index (χ0v) is 6.90. The molecule has 0 heterocycles. The summed E-state index contributed by atoms with van der Waals surface area (Å²) in [6, 6.07) is 9.56. The van der Waals surface area contributed by atoms with Crippen molar-refractivity contribution in [1.82, 2.24) is 0 Å². The molecule has 0 unspecified atom stereocenters. The molecule has 0 saturated heterocycles. The van der Waals surface area contributed by atoms with Gasteiger partial charge in [0.15, 0.2) is 0 Å². The van der Waals surface area contributed by atoms with Crippen molar-refractivity contribution in [2.24, 2.45) is 0 Å². The number of carboxylic acids is 1. The highest BCUT2D eigenvalue weighted by molar-refractivity contribution is 5.87. The maximum atomic E-state index is 10.0. The summed E-state index contributed by atoms with van der Waals surface area (Å²) in [5, 5.41) is 8.20. The molecule has 0 aromatic heterocycles. The highest BCUT2D eigenvalue weighted by atomic mass is 16.4. The third-order valence-corrected chi connectivity index (χ3v) is 1.34. The molecule has 1 rings (SSSR count). The molecule has 13 heavy (non-hydrogen) atoms. The molecule has 0 spiro atoms. The van der Waals surface area contributed by atoms with Crippen molar-refractivity contribution in [3.05, 3.63) is 42.0 Å². The summed E-state index contributed by atoms with van der Waals surface area (Å²) in [5.74, 6) is 3.29. The number of hydrogen-bond acceptors (Lipinski definition) is 1. The van der Waals surface area contributed by atoms with Crippen molar-refractivity contribution < 1.29 is 9.90 Å². The van der Waals surface area contributed by atoms with E-state index in [2.05, 4.69) is 5.92 Å². The minimum absolute atomic E-state index is 1.00. The van der Waals surface area contributed by atoms with Crippen LogP contribution in [0.3, 0.4) is 0 Å². The first-order valence-electron chi connectivity index (χ1n) is 3.75. The smallest absolute Gasteiger partial charge is 0.382 e. The minimum atomic E-state index is -1.11. The van der Waals surface area contributed by atoms with Gasteiger partial charge in [0, 0.05) is 5.92 Å². The Morgan fingerprint density at radius 2 is 2.00 bits per heavy atom. The van der Waals surface area contributed by atoms with Gasteiger partial charge in [0.1, 0.15) is 0 Å². The number of benzene rings is 1. The average Bonchev–Trinajstić information content (AvgIpc) is 2.14. The van der Waals surface area contributed by atoms with E-state index in [4.69, 9.17) is 5.11 Å². The second-order valence-electron chi connectivity index (χ2n) is 2.32. The molecule has 0 amide bonds. The van der Waals surface area contributed by atoms with E-state index in [9.17, 15) is 4.79 Å². The largest absolute Gasteiger partial charge is 0.472 e. The van der Waals surface area contributed by atoms with E-state index in [1.165, 1.54) is 6.08 Å². The SMILES string of the molecule is O=C(O)C#CC=Cc1ccccc1. The standard InChI is InChI=1S/C11H8O2/c12-11(13)9-5-4-8-10-6-2-1-3-7-10/h1-4,6-8H,(H,12,13). The molecule has 0 atom stereocenters. The molecule has 0 bridgehead atoms. The van der Waals surface area contributed by atoms with E-state index < -0.39 is 5.97 Å². The van der Waals surface area contributed by atoms with Crippen molar-refractivity contribution in [3.8, 4) is 11.8 Å². The highest BCUT2D eigenvalue weighted by Gasteiger charge is 1.81. The Balaban J connectivity index is 2.62. The predicted molar refractivity (Wildman–Crippen MR) is 50.9 cm³/mol. The van der Waals surface area contributed by atoms with Crippen LogP contribution in [-0.4, -0.2) is 11.1 Å². The summed E-state index contributed by atoms with van der Waals surface area (Å²) in [7, 11) is 0. The van der Waals surface area contributed by atoms with Gasteiger partial charge in [-0.1, -0.05) is 36.3 Å². The second kappa shape index (κ2) is 4.78. The Bertz CT molecular complexity index is 366. The number of hydrogen-bond donors (Lipinski definition) is 1. The van der Waals surface area contributed by atoms with Crippen LogP contribution in [0.25, 0.3) is 6.08 Å². The summed E-state index contributed by atoms with van der Waals surface area (Å²) in [6.07, 6.45) is 3.28. The molecular weight excluding hydrogens is 164 g/mol. The van der Waals surface area contributed by atoms with Gasteiger partial charge in [-0.3, -0.25) is 0 Å². The predicted octanol–water partition coefficient (Wildman–Crippen LogP) is 1.79. The maximum absolute atomic E-state index is 10.0. The number of allylic oxidation sites excluding steroid dienone is 1. The van der Waals surface area contributed by atoms with Gasteiger partial charge in [-0.15, -0.1) is 0 Å². The monoisotopic (exact) mass is 172 g/mol. The quantitative estimate of drug-likeness (QED) is 0.655. The second-order valence-corrected chi connectivity index (χ2v) is 2.32. The lowest BCUT2D eigenvalue weighted by Gasteiger charge is -1.86. The first-order chi connectivity index (χ1) is 6.29. The summed E-state index contributed by atoms with van der Waals surface area (Å²) < 4.78 is 0. The normalized spacial score (nSPS) is 9.23. The summed E-state index contributed by atoms with van der Waals surface area (Å²) in [5.41, 5.74) is 1.00. The number of rotatable bonds is 1. The van der Waals surface area contributed by atoms with Gasteiger partial charge in [0.2, 0.25) is 0 Å². The summed E-state index contributed by atoms with van der Waals surface area (Å²) >= 11 is 0. The van der Waals surface area contributed by atoms with Gasteiger partial charge in [-0.25, -0.2) is 4.79 Å². The molecule has 1 N–H and O–H groups in total. The van der Waals surface area contributed by atoms with Crippen molar-refractivity contribution >= 4 is 12.0 Å². The van der Waals surface area contributed by atoms with Crippen molar-refractivity contribution in [2.75, 3.05) is 0 Å². The lowest BCUT2D eigenvalue weighted by atomic mass is 10.2. The van der Waals surface area contributed by atoms with Crippen molar-refractivity contribution in [1.29, 1.82) is 0 Å². The van der Waals surface area contributed by atoms with Crippen LogP contribution in [-0.2, 0) is 4.79 Å². The topological polar surface area (TPSA) is 37.3 Å². The van der Waals surface area contributed by atoms with E-state index in [0.29, 0.717) is 0 Å². The van der Waals surface area contributed by atoms with Crippen LogP contribution in [0.2, 0.25) is 0 Å². The fourth-order valence-corrected chi connectivity index (χ4v) is 0.805. The molecule has 0 aliphatic carbocycles. The Morgan fingerprint density at radius 1 is 1.31 bits per heavy atom. The molecule has 0 saturated carbocycles. The van der Waals surface area contributed by atoms with Gasteiger partial charge >= 0.3 is 5.97 Å². The molecule has 64 valence electrons. The van der Waals surface area contributed by atoms with Crippen LogP contribution in [0.1, 0.15) is 5.56 Å². The third kappa shape index (κ3) is 3.78. The first-order valence-corrected chi connectivity index (χ1v) is 3.75. The van der Waals surface area contributed by atoms with Crippen LogP contribution in [0.15, 0.2) is 36.4 Å². The minimum Gasteiger partial charge on any atom is -0.472 e. The third-order valence-electron chi connectivity index (χ3n) is 1.34. The maximum Gasteiger partial charge on any atom is 0.382 e. The van der Waals surface area contributed by atoms with Gasteiger partial charge in [-0.05, 0) is 17.7 Å². The van der Waals surface area contributed by atoms with E-state index >= 15 is 0 Å². The van der Waals surface area contributed by atoms with Gasteiger partial charge in [0.05, 0.1) is 0 Å². The van der Waals surface area contributed by atoms with Crippen LogP contribution in [0.4, 0.5) is 0 Å². The van der Waals surface area contributed by atoms with Crippen LogP contribution < -0.4 is 0 Å². The number of aliphatic carboxylic acids is 1. The first kappa shape index (κ1) is 9.08.